The molecule has 0 aromatic heterocycles. The van der Waals surface area contributed by atoms with Crippen LogP contribution < -0.4 is 16.4 Å². The quantitative estimate of drug-likeness (QED) is 0.591. The van der Waals surface area contributed by atoms with Gasteiger partial charge in [0.2, 0.25) is 0 Å². The SMILES string of the molecule is CNC(/C(=C\N)C(=O)NC(C)C(OC)c1ccc(Cl)cc1Cl)C(F)F. The zero-order valence-corrected chi connectivity index (χ0v) is 15.5. The molecule has 1 aromatic carbocycles. The molecule has 0 aliphatic heterocycles. The van der Waals surface area contributed by atoms with Crippen LogP contribution in [0.2, 0.25) is 10.0 Å². The second kappa shape index (κ2) is 9.91. The van der Waals surface area contributed by atoms with E-state index in [9.17, 15) is 13.6 Å². The Labute approximate surface area is 155 Å². The molecule has 0 aliphatic carbocycles. The molecule has 0 heterocycles. The number of methoxy groups -OCH3 is 1. The Balaban J connectivity index is 2.97. The first-order chi connectivity index (χ1) is 11.8. The largest absolute Gasteiger partial charge is 0.404 e. The summed E-state index contributed by atoms with van der Waals surface area (Å²) in [5.41, 5.74) is 5.71. The van der Waals surface area contributed by atoms with Gasteiger partial charge in [-0.1, -0.05) is 29.3 Å². The van der Waals surface area contributed by atoms with E-state index in [-0.39, 0.29) is 5.57 Å². The standard InChI is InChI=1S/C16H21Cl2F2N3O2/c1-8(14(25-3)10-5-4-9(17)6-12(10)18)23-16(24)11(7-21)13(22-2)15(19)20/h4-8,13-15,22H,21H2,1-3H3,(H,23,24)/b11-7+. The van der Waals surface area contributed by atoms with Gasteiger partial charge in [0.1, 0.15) is 12.1 Å². The Kier molecular flexibility index (Phi) is 8.58. The lowest BCUT2D eigenvalue weighted by molar-refractivity contribution is -0.119. The average Bonchev–Trinajstić information content (AvgIpc) is 2.54. The fourth-order valence-electron chi connectivity index (χ4n) is 2.44. The summed E-state index contributed by atoms with van der Waals surface area (Å²) in [6.45, 7) is 1.67. The molecule has 25 heavy (non-hydrogen) atoms. The van der Waals surface area contributed by atoms with Crippen LogP contribution in [0, 0.1) is 0 Å². The number of likely N-dealkylation sites (N-methyl/N-ethyl adjacent to an activating group) is 1. The molecule has 0 saturated carbocycles. The molecule has 3 unspecified atom stereocenters. The summed E-state index contributed by atoms with van der Waals surface area (Å²) < 4.78 is 31.5. The van der Waals surface area contributed by atoms with Gasteiger partial charge in [0.05, 0.1) is 11.6 Å². The molecule has 9 heteroatoms. The minimum absolute atomic E-state index is 0.263. The summed E-state index contributed by atoms with van der Waals surface area (Å²) in [6.07, 6.45) is -2.52. The number of hydrogen-bond donors (Lipinski definition) is 3. The predicted molar refractivity (Wildman–Crippen MR) is 94.9 cm³/mol. The number of nitrogens with two attached hydrogens (primary N) is 1. The molecule has 0 saturated heterocycles. The average molecular weight is 396 g/mol. The lowest BCUT2D eigenvalue weighted by Crippen LogP contribution is -2.45. The highest BCUT2D eigenvalue weighted by Gasteiger charge is 2.30. The first-order valence-corrected chi connectivity index (χ1v) is 8.18. The van der Waals surface area contributed by atoms with E-state index in [1.807, 2.05) is 0 Å². The van der Waals surface area contributed by atoms with Crippen molar-refractivity contribution in [2.45, 2.75) is 31.5 Å². The van der Waals surface area contributed by atoms with Crippen molar-refractivity contribution in [3.05, 3.63) is 45.6 Å². The minimum atomic E-state index is -2.79. The van der Waals surface area contributed by atoms with Gasteiger partial charge in [-0.25, -0.2) is 8.78 Å². The molecule has 3 atom stereocenters. The van der Waals surface area contributed by atoms with Gasteiger partial charge in [0.25, 0.3) is 12.3 Å². The van der Waals surface area contributed by atoms with Gasteiger partial charge in [0, 0.05) is 28.9 Å². The van der Waals surface area contributed by atoms with Crippen LogP contribution in [0.5, 0.6) is 0 Å². The zero-order chi connectivity index (χ0) is 19.1. The molecular weight excluding hydrogens is 375 g/mol. The van der Waals surface area contributed by atoms with Gasteiger partial charge in [0.15, 0.2) is 0 Å². The second-order valence-electron chi connectivity index (χ2n) is 5.31. The maximum absolute atomic E-state index is 13.0. The van der Waals surface area contributed by atoms with Crippen molar-refractivity contribution in [3.8, 4) is 0 Å². The van der Waals surface area contributed by atoms with Crippen LogP contribution >= 0.6 is 23.2 Å². The van der Waals surface area contributed by atoms with E-state index >= 15 is 0 Å². The number of alkyl halides is 2. The highest BCUT2D eigenvalue weighted by Crippen LogP contribution is 2.30. The number of halogens is 4. The minimum Gasteiger partial charge on any atom is -0.404 e. The van der Waals surface area contributed by atoms with Crippen molar-refractivity contribution in [1.29, 1.82) is 0 Å². The number of carbonyl (C=O) groups is 1. The fourth-order valence-corrected chi connectivity index (χ4v) is 2.95. The molecule has 0 bridgehead atoms. The predicted octanol–water partition coefficient (Wildman–Crippen LogP) is 2.88. The van der Waals surface area contributed by atoms with Crippen molar-refractivity contribution in [2.75, 3.05) is 14.2 Å². The monoisotopic (exact) mass is 395 g/mol. The molecule has 1 amide bonds. The number of benzene rings is 1. The first kappa shape index (κ1) is 21.6. The topological polar surface area (TPSA) is 76.4 Å². The molecule has 140 valence electrons. The molecule has 5 nitrogen and oxygen atoms in total. The van der Waals surface area contributed by atoms with Crippen LogP contribution in [0.25, 0.3) is 0 Å². The van der Waals surface area contributed by atoms with Crippen LogP contribution in [-0.2, 0) is 9.53 Å². The van der Waals surface area contributed by atoms with Gasteiger partial charge < -0.3 is 21.1 Å². The molecule has 0 fully saturated rings. The van der Waals surface area contributed by atoms with Gasteiger partial charge >= 0.3 is 0 Å². The third-order valence-corrected chi connectivity index (χ3v) is 4.24. The third kappa shape index (κ3) is 5.54. The summed E-state index contributed by atoms with van der Waals surface area (Å²) in [5.74, 6) is -0.721. The highest BCUT2D eigenvalue weighted by molar-refractivity contribution is 6.35. The van der Waals surface area contributed by atoms with E-state index in [4.69, 9.17) is 33.7 Å². The van der Waals surface area contributed by atoms with Crippen LogP contribution in [0.4, 0.5) is 8.78 Å². The fraction of sp³-hybridized carbons (Fsp3) is 0.438. The maximum Gasteiger partial charge on any atom is 0.258 e. The number of ether oxygens (including phenoxy) is 1. The Morgan fingerprint density at radius 1 is 1.36 bits per heavy atom. The number of hydrogen-bond acceptors (Lipinski definition) is 4. The van der Waals surface area contributed by atoms with Crippen molar-refractivity contribution in [3.63, 3.8) is 0 Å². The van der Waals surface area contributed by atoms with Crippen LogP contribution in [0.1, 0.15) is 18.6 Å². The van der Waals surface area contributed by atoms with Gasteiger partial charge in [-0.3, -0.25) is 4.79 Å². The van der Waals surface area contributed by atoms with Crippen molar-refractivity contribution in [1.82, 2.24) is 10.6 Å². The Morgan fingerprint density at radius 3 is 2.44 bits per heavy atom. The number of amides is 1. The molecule has 0 radical (unpaired) electrons. The van der Waals surface area contributed by atoms with E-state index in [0.717, 1.165) is 6.20 Å². The Bertz CT molecular complexity index is 629. The summed E-state index contributed by atoms with van der Waals surface area (Å²) in [5, 5.41) is 5.82. The Hall–Kier alpha value is -1.41. The number of carbonyl (C=O) groups excluding carboxylic acids is 1. The smallest absolute Gasteiger partial charge is 0.258 e. The summed E-state index contributed by atoms with van der Waals surface area (Å²) in [6, 6.07) is 2.83. The maximum atomic E-state index is 13.0. The van der Waals surface area contributed by atoms with Crippen molar-refractivity contribution < 1.29 is 18.3 Å². The Morgan fingerprint density at radius 2 is 2.00 bits per heavy atom. The normalized spacial score (nSPS) is 15.8. The molecule has 1 aromatic rings. The van der Waals surface area contributed by atoms with E-state index in [1.54, 1.807) is 25.1 Å². The zero-order valence-electron chi connectivity index (χ0n) is 14.0. The number of rotatable bonds is 8. The van der Waals surface area contributed by atoms with E-state index in [1.165, 1.54) is 14.2 Å². The van der Waals surface area contributed by atoms with E-state index in [0.29, 0.717) is 15.6 Å². The molecule has 0 spiro atoms. The molecular formula is C16H21Cl2F2N3O2. The van der Waals surface area contributed by atoms with Crippen molar-refractivity contribution >= 4 is 29.1 Å². The first-order valence-electron chi connectivity index (χ1n) is 7.42. The van der Waals surface area contributed by atoms with E-state index < -0.39 is 30.5 Å². The molecule has 0 aliphatic rings. The van der Waals surface area contributed by atoms with Crippen LogP contribution in [-0.4, -0.2) is 38.6 Å². The van der Waals surface area contributed by atoms with Crippen molar-refractivity contribution in [2.24, 2.45) is 5.73 Å². The lowest BCUT2D eigenvalue weighted by Gasteiger charge is -2.26. The third-order valence-electron chi connectivity index (χ3n) is 3.68. The summed E-state index contributed by atoms with van der Waals surface area (Å²) in [4.78, 5) is 12.3. The summed E-state index contributed by atoms with van der Waals surface area (Å²) in [7, 11) is 2.77. The molecule has 1 rings (SSSR count). The second-order valence-corrected chi connectivity index (χ2v) is 6.15. The van der Waals surface area contributed by atoms with Crippen LogP contribution in [0.15, 0.2) is 30.0 Å². The van der Waals surface area contributed by atoms with Gasteiger partial charge in [-0.15, -0.1) is 0 Å². The van der Waals surface area contributed by atoms with Gasteiger partial charge in [-0.2, -0.15) is 0 Å². The highest BCUT2D eigenvalue weighted by atomic mass is 35.5. The molecule has 4 N–H and O–H groups in total. The van der Waals surface area contributed by atoms with Crippen LogP contribution in [0.3, 0.4) is 0 Å². The van der Waals surface area contributed by atoms with Gasteiger partial charge in [-0.05, 0) is 26.1 Å². The number of nitrogens with one attached hydrogen (secondary N) is 2. The van der Waals surface area contributed by atoms with E-state index in [2.05, 4.69) is 10.6 Å². The lowest BCUT2D eigenvalue weighted by atomic mass is 10.0. The summed E-state index contributed by atoms with van der Waals surface area (Å²) >= 11 is 12.0.